The molecule has 0 fully saturated rings. The number of aromatic nitrogens is 8. The molecule has 2 aliphatic carbocycles. The van der Waals surface area contributed by atoms with Crippen molar-refractivity contribution in [3.8, 4) is 28.5 Å². The van der Waals surface area contributed by atoms with Crippen molar-refractivity contribution in [2.75, 3.05) is 4.72 Å². The van der Waals surface area contributed by atoms with Crippen LogP contribution in [-0.4, -0.2) is 91.8 Å². The summed E-state index contributed by atoms with van der Waals surface area (Å²) in [5.41, 5.74) is 1.31. The molecule has 6 aromatic carbocycles. The Balaban J connectivity index is 0.00000694. The molecule has 9 aromatic rings. The summed E-state index contributed by atoms with van der Waals surface area (Å²) in [7, 11) is -20.2. The Morgan fingerprint density at radius 1 is 0.512 bits per heavy atom. The summed E-state index contributed by atoms with van der Waals surface area (Å²) in [6, 6.07) is 28.6. The molecule has 0 radical (unpaired) electrons. The summed E-state index contributed by atoms with van der Waals surface area (Å²) in [6.45, 7) is 2.58. The van der Waals surface area contributed by atoms with Crippen molar-refractivity contribution in [1.29, 1.82) is 0 Å². The fraction of sp³-hybridized carbons (Fsp3) is 0.0714. The molecule has 5 N–H and O–H groups in total. The molecular formula is C56H37N11O12S4Zn. The fourth-order valence-corrected chi connectivity index (χ4v) is 12.8. The third-order valence-electron chi connectivity index (χ3n) is 14.5. The second kappa shape index (κ2) is 19.6. The molecule has 23 nitrogen and oxygen atoms in total. The minimum Gasteiger partial charge on any atom is -0.505 e. The van der Waals surface area contributed by atoms with Crippen molar-refractivity contribution in [3.05, 3.63) is 168 Å². The van der Waals surface area contributed by atoms with Crippen LogP contribution in [0.5, 0.6) is 5.75 Å². The molecule has 8 bridgehead atoms. The van der Waals surface area contributed by atoms with Crippen molar-refractivity contribution in [3.63, 3.8) is 0 Å². The maximum Gasteiger partial charge on any atom is 2.00 e. The SMILES string of the molecule is CC1(S(=O)(=O)O)C=Cc2c(c3nc4nc(nc5[n-]c(nc6nc(nc2[n-]3)C2=C6C=CC(C)(S(=O)(=O)Nc3cc(S(=O)(=O)O)cc6cc(S(=O)(=O)O)c(N=Nc7cccc8ccccc78)c(O)c36)C=C2)c2ccccc52)-c2ccccc2-4)C=C1.[Zn+2]. The van der Waals surface area contributed by atoms with E-state index < -0.39 is 87.6 Å². The Labute approximate surface area is 489 Å². The number of nitrogens with zero attached hydrogens (tertiary/aromatic N) is 10. The van der Waals surface area contributed by atoms with Crippen LogP contribution in [0.4, 0.5) is 17.1 Å². The molecule has 84 heavy (non-hydrogen) atoms. The van der Waals surface area contributed by atoms with E-state index in [4.69, 9.17) is 39.9 Å². The van der Waals surface area contributed by atoms with Gasteiger partial charge in [-0.15, -0.1) is 10.2 Å². The molecule has 4 aliphatic rings. The average Bonchev–Trinajstić information content (AvgIpc) is 1.76. The molecule has 414 valence electrons. The average molecular weight is 1250 g/mol. The molecule has 0 amide bonds. The first kappa shape index (κ1) is 55.7. The normalized spacial score (nSPS) is 17.7. The first-order valence-electron chi connectivity index (χ1n) is 24.7. The zero-order valence-corrected chi connectivity index (χ0v) is 49.6. The van der Waals surface area contributed by atoms with Gasteiger partial charge in [0.25, 0.3) is 30.4 Å². The molecule has 2 unspecified atom stereocenters. The summed E-state index contributed by atoms with van der Waals surface area (Å²) in [6.07, 6.45) is 10.8. The molecule has 5 heterocycles. The standard InChI is InChI=1S/C56H37N11O12S4.Zn/c1-55(82(75,76)67-42-28-31(80(69,70)71)26-30-27-43(81(72,73)74)45(46(68)44(30)42)66-65-41-17-9-11-29-10-3-4-12-32(29)41)22-18-37-38(19-23-55)52-62-51(37)60-49-35-15-7-5-13-33(35)47(58-49)57-48-34-14-6-8-16-36(34)50(59-48)61-53-39-20-24-56(2,83(77,78)79)25-21-40(39)54(63-52)64-53;/h3-28H,1-2H3,(H5-2,57,58,59,60,61,62,63,64,65,66,67,68,69,70,71,72,73,74,77,78,79);/q-2;+2. The van der Waals surface area contributed by atoms with E-state index in [1.807, 2.05) is 12.1 Å². The first-order valence-corrected chi connectivity index (χ1v) is 30.5. The molecule has 0 saturated heterocycles. The van der Waals surface area contributed by atoms with E-state index in [2.05, 4.69) is 15.0 Å². The van der Waals surface area contributed by atoms with Gasteiger partial charge >= 0.3 is 19.5 Å². The number of anilines is 1. The summed E-state index contributed by atoms with van der Waals surface area (Å²) >= 11 is 0. The topological polar surface area (TPSA) is 360 Å². The van der Waals surface area contributed by atoms with Crippen LogP contribution in [-0.2, 0) is 59.9 Å². The van der Waals surface area contributed by atoms with E-state index >= 15 is 8.42 Å². The van der Waals surface area contributed by atoms with Crippen LogP contribution in [0, 0.1) is 0 Å². The molecule has 13 rings (SSSR count). The number of sulfonamides is 1. The van der Waals surface area contributed by atoms with Crippen molar-refractivity contribution in [2.24, 2.45) is 10.2 Å². The fourth-order valence-electron chi connectivity index (χ4n) is 9.95. The van der Waals surface area contributed by atoms with Gasteiger partial charge < -0.3 is 35.0 Å². The number of aromatic hydroxyl groups is 1. The zero-order valence-electron chi connectivity index (χ0n) is 43.4. The van der Waals surface area contributed by atoms with Gasteiger partial charge in [0.15, 0.2) is 5.75 Å². The van der Waals surface area contributed by atoms with Crippen LogP contribution in [0.25, 0.3) is 101 Å². The number of phenols is 1. The second-order valence-electron chi connectivity index (χ2n) is 19.8. The van der Waals surface area contributed by atoms with Crippen LogP contribution in [0.3, 0.4) is 0 Å². The molecule has 28 heteroatoms. The minimum absolute atomic E-state index is 0. The van der Waals surface area contributed by atoms with Gasteiger partial charge in [-0.05, 0) is 70.8 Å². The monoisotopic (exact) mass is 1250 g/mol. The van der Waals surface area contributed by atoms with Crippen LogP contribution < -0.4 is 14.7 Å². The van der Waals surface area contributed by atoms with Crippen LogP contribution >= 0.6 is 0 Å². The summed E-state index contributed by atoms with van der Waals surface area (Å²) in [5.74, 6) is -0.655. The number of allylic oxidation sites excluding steroid dienone is 4. The summed E-state index contributed by atoms with van der Waals surface area (Å²) in [4.78, 5) is 37.1. The molecule has 2 atom stereocenters. The molecular weight excluding hydrogens is 1210 g/mol. The Bertz CT molecular complexity index is 5310. The number of benzene rings is 6. The van der Waals surface area contributed by atoms with Crippen LogP contribution in [0.15, 0.2) is 166 Å². The molecule has 3 aromatic heterocycles. The number of nitrogens with one attached hydrogen (secondary N) is 1. The van der Waals surface area contributed by atoms with Crippen molar-refractivity contribution in [2.45, 2.75) is 33.1 Å². The van der Waals surface area contributed by atoms with E-state index in [0.29, 0.717) is 38.9 Å². The minimum atomic E-state index is -5.29. The third-order valence-corrected chi connectivity index (χ3v) is 19.5. The number of hydrogen-bond donors (Lipinski definition) is 5. The number of hydrogen-bond acceptors (Lipinski definition) is 17. The quantitative estimate of drug-likeness (QED) is 0.0537. The van der Waals surface area contributed by atoms with E-state index in [-0.39, 0.29) is 87.8 Å². The van der Waals surface area contributed by atoms with Crippen molar-refractivity contribution in [1.82, 2.24) is 39.9 Å². The van der Waals surface area contributed by atoms with E-state index in [1.54, 1.807) is 78.9 Å². The van der Waals surface area contributed by atoms with Gasteiger partial charge in [0.05, 0.1) is 45.0 Å². The van der Waals surface area contributed by atoms with E-state index in [9.17, 15) is 44.0 Å². The molecule has 2 aliphatic heterocycles. The summed E-state index contributed by atoms with van der Waals surface area (Å²) in [5, 5.41) is 21.7. The van der Waals surface area contributed by atoms with E-state index in [0.717, 1.165) is 17.5 Å². The second-order valence-corrected chi connectivity index (χ2v) is 26.5. The maximum absolute atomic E-state index is 15.2. The predicted molar refractivity (Wildman–Crippen MR) is 309 cm³/mol. The van der Waals surface area contributed by atoms with Gasteiger partial charge in [0.1, 0.15) is 20.1 Å². The molecule has 0 saturated carbocycles. The van der Waals surface area contributed by atoms with Gasteiger partial charge in [-0.1, -0.05) is 134 Å². The zero-order chi connectivity index (χ0) is 58.2. The number of rotatable bonds is 8. The third kappa shape index (κ3) is 9.32. The van der Waals surface area contributed by atoms with E-state index in [1.165, 1.54) is 62.5 Å². The molecule has 0 spiro atoms. The smallest absolute Gasteiger partial charge is 0.505 e. The maximum atomic E-state index is 15.2. The van der Waals surface area contributed by atoms with Gasteiger partial charge in [-0.25, -0.2) is 18.4 Å². The van der Waals surface area contributed by atoms with Crippen LogP contribution in [0.1, 0.15) is 36.6 Å². The predicted octanol–water partition coefficient (Wildman–Crippen LogP) is 9.48. The van der Waals surface area contributed by atoms with Crippen LogP contribution in [0.2, 0.25) is 0 Å². The number of fused-ring (bicyclic) bond motifs is 21. The Kier molecular flexibility index (Phi) is 13.0. The Morgan fingerprint density at radius 2 is 1.01 bits per heavy atom. The number of phenolic OH excluding ortho intramolecular Hbond substituents is 1. The van der Waals surface area contributed by atoms with Crippen molar-refractivity contribution < 1.29 is 71.9 Å². The Morgan fingerprint density at radius 3 is 1.60 bits per heavy atom. The van der Waals surface area contributed by atoms with Gasteiger partial charge in [0.2, 0.25) is 10.0 Å². The van der Waals surface area contributed by atoms with Gasteiger partial charge in [-0.2, -0.15) is 25.3 Å². The summed E-state index contributed by atoms with van der Waals surface area (Å²) < 4.78 is 137. The largest absolute Gasteiger partial charge is 2.00 e. The first-order chi connectivity index (χ1) is 39.4. The van der Waals surface area contributed by atoms with Crippen molar-refractivity contribution >= 4 is 136 Å². The Hall–Kier alpha value is -8.86. The van der Waals surface area contributed by atoms with Gasteiger partial charge in [-0.3, -0.25) is 18.4 Å². The van der Waals surface area contributed by atoms with Gasteiger partial charge in [0, 0.05) is 50.2 Å². The number of azo groups is 1.